The first-order valence-electron chi connectivity index (χ1n) is 5.25. The fourth-order valence-corrected chi connectivity index (χ4v) is 4.75. The Kier molecular flexibility index (Phi) is 4.24. The molecule has 18 heavy (non-hydrogen) atoms. The van der Waals surface area contributed by atoms with Gasteiger partial charge in [-0.3, -0.25) is 0 Å². The second-order valence-electron chi connectivity index (χ2n) is 4.05. The zero-order valence-corrected chi connectivity index (χ0v) is 13.7. The van der Waals surface area contributed by atoms with Crippen LogP contribution in [0.3, 0.4) is 0 Å². The van der Waals surface area contributed by atoms with E-state index in [1.165, 1.54) is 0 Å². The van der Waals surface area contributed by atoms with Crippen LogP contribution in [0.5, 0.6) is 0 Å². The molecule has 0 aliphatic heterocycles. The smallest absolute Gasteiger partial charge is 0.130 e. The lowest BCUT2D eigenvalue weighted by Crippen LogP contribution is -1.98. The molecule has 0 aliphatic rings. The summed E-state index contributed by atoms with van der Waals surface area (Å²) in [5.74, 6) is -1.05. The van der Waals surface area contributed by atoms with Gasteiger partial charge in [0.15, 0.2) is 0 Å². The Hall–Kier alpha value is -0.260. The van der Waals surface area contributed by atoms with Crippen molar-refractivity contribution in [1.82, 2.24) is 0 Å². The first kappa shape index (κ1) is 14.2. The molecule has 0 saturated carbocycles. The second kappa shape index (κ2) is 5.39. The summed E-state index contributed by atoms with van der Waals surface area (Å²) in [6.07, 6.45) is 0. The van der Waals surface area contributed by atoms with Gasteiger partial charge in [0.2, 0.25) is 0 Å². The molecule has 2 rings (SSSR count). The largest absolute Gasteiger partial charge is 0.207 e. The summed E-state index contributed by atoms with van der Waals surface area (Å²) >= 11 is 8.52. The molecule has 0 fully saturated rings. The molecule has 0 N–H and O–H groups in total. The lowest BCUT2D eigenvalue weighted by molar-refractivity contribution is 0.569. The topological polar surface area (TPSA) is 0 Å². The van der Waals surface area contributed by atoms with Crippen LogP contribution in [0.1, 0.15) is 25.7 Å². The Bertz CT molecular complexity index is 593. The summed E-state index contributed by atoms with van der Waals surface area (Å²) < 4.78 is 28.0. The van der Waals surface area contributed by atoms with E-state index in [1.54, 1.807) is 24.3 Å². The number of aryl methyl sites for hydroxylation is 2. The number of benzene rings is 1. The molecule has 0 aliphatic carbocycles. The monoisotopic (exact) mass is 394 g/mol. The van der Waals surface area contributed by atoms with Gasteiger partial charge in [0.25, 0.3) is 0 Å². The lowest BCUT2D eigenvalue weighted by Gasteiger charge is -2.12. The fraction of sp³-hybridized carbons (Fsp3) is 0.231. The van der Waals surface area contributed by atoms with Gasteiger partial charge in [0, 0.05) is 25.9 Å². The normalized spacial score (nSPS) is 12.8. The first-order chi connectivity index (χ1) is 8.40. The van der Waals surface area contributed by atoms with E-state index in [-0.39, 0.29) is 4.83 Å². The van der Waals surface area contributed by atoms with Crippen molar-refractivity contribution in [2.24, 2.45) is 0 Å². The standard InChI is InChI=1S/C13H10Br2F2S/c1-6-3-8(11(17)5-10(6)16)12(15)13-9(14)4-7(2)18-13/h3-5,12H,1-2H3. The molecule has 5 heteroatoms. The van der Waals surface area contributed by atoms with Crippen molar-refractivity contribution in [1.29, 1.82) is 0 Å². The second-order valence-corrected chi connectivity index (χ2v) is 7.11. The van der Waals surface area contributed by atoms with Crippen molar-refractivity contribution >= 4 is 43.2 Å². The number of alkyl halides is 1. The van der Waals surface area contributed by atoms with E-state index in [4.69, 9.17) is 0 Å². The van der Waals surface area contributed by atoms with Gasteiger partial charge >= 0.3 is 0 Å². The molecule has 1 unspecified atom stereocenters. The lowest BCUT2D eigenvalue weighted by atomic mass is 10.1. The van der Waals surface area contributed by atoms with Crippen molar-refractivity contribution in [3.63, 3.8) is 0 Å². The van der Waals surface area contributed by atoms with Crippen molar-refractivity contribution in [3.8, 4) is 0 Å². The summed E-state index contributed by atoms with van der Waals surface area (Å²) in [7, 11) is 0. The number of hydrogen-bond acceptors (Lipinski definition) is 1. The Balaban J connectivity index is 2.49. The Labute approximate surface area is 125 Å². The van der Waals surface area contributed by atoms with Crippen LogP contribution in [-0.2, 0) is 0 Å². The average molecular weight is 396 g/mol. The summed E-state index contributed by atoms with van der Waals surface area (Å²) in [6, 6.07) is 4.47. The highest BCUT2D eigenvalue weighted by atomic mass is 79.9. The number of rotatable bonds is 2. The van der Waals surface area contributed by atoms with Gasteiger partial charge in [0.1, 0.15) is 11.6 Å². The molecule has 0 spiro atoms. The van der Waals surface area contributed by atoms with E-state index >= 15 is 0 Å². The van der Waals surface area contributed by atoms with Crippen molar-refractivity contribution in [3.05, 3.63) is 55.2 Å². The quantitative estimate of drug-likeness (QED) is 0.556. The maximum absolute atomic E-state index is 13.8. The van der Waals surface area contributed by atoms with Crippen LogP contribution >= 0.6 is 43.2 Å². The molecule has 1 aromatic heterocycles. The maximum Gasteiger partial charge on any atom is 0.130 e. The van der Waals surface area contributed by atoms with Gasteiger partial charge in [-0.05, 0) is 47.5 Å². The number of thiophene rings is 1. The van der Waals surface area contributed by atoms with Crippen LogP contribution in [0.2, 0.25) is 0 Å². The van der Waals surface area contributed by atoms with Gasteiger partial charge in [-0.15, -0.1) is 11.3 Å². The van der Waals surface area contributed by atoms with E-state index in [2.05, 4.69) is 31.9 Å². The summed E-state index contributed by atoms with van der Waals surface area (Å²) in [5, 5.41) is 0. The summed E-state index contributed by atoms with van der Waals surface area (Å²) in [6.45, 7) is 3.62. The Morgan fingerprint density at radius 1 is 1.11 bits per heavy atom. The molecule has 2 aromatic rings. The third kappa shape index (κ3) is 2.68. The predicted molar refractivity (Wildman–Crippen MR) is 78.6 cm³/mol. The fourth-order valence-electron chi connectivity index (χ4n) is 1.69. The zero-order valence-electron chi connectivity index (χ0n) is 9.73. The zero-order chi connectivity index (χ0) is 13.4. The highest BCUT2D eigenvalue weighted by Crippen LogP contribution is 2.41. The van der Waals surface area contributed by atoms with Gasteiger partial charge in [0.05, 0.1) is 4.83 Å². The Morgan fingerprint density at radius 3 is 2.33 bits per heavy atom. The summed E-state index contributed by atoms with van der Waals surface area (Å²) in [4.78, 5) is 1.85. The molecule has 96 valence electrons. The molecule has 0 bridgehead atoms. The highest BCUT2D eigenvalue weighted by Gasteiger charge is 2.20. The van der Waals surface area contributed by atoms with Crippen LogP contribution in [0, 0.1) is 25.5 Å². The van der Waals surface area contributed by atoms with E-state index in [0.29, 0.717) is 11.1 Å². The van der Waals surface area contributed by atoms with Gasteiger partial charge in [-0.25, -0.2) is 8.78 Å². The minimum absolute atomic E-state index is 0.273. The van der Waals surface area contributed by atoms with Crippen molar-refractivity contribution in [2.75, 3.05) is 0 Å². The molecule has 0 nitrogen and oxygen atoms in total. The van der Waals surface area contributed by atoms with Gasteiger partial charge < -0.3 is 0 Å². The number of hydrogen-bond donors (Lipinski definition) is 0. The Morgan fingerprint density at radius 2 is 1.78 bits per heavy atom. The first-order valence-corrected chi connectivity index (χ1v) is 7.78. The van der Waals surface area contributed by atoms with Gasteiger partial charge in [-0.1, -0.05) is 15.9 Å². The third-order valence-corrected chi connectivity index (χ3v) is 5.91. The molecule has 0 radical (unpaired) electrons. The highest BCUT2D eigenvalue weighted by molar-refractivity contribution is 9.11. The molecule has 1 atom stereocenters. The van der Waals surface area contributed by atoms with E-state index in [9.17, 15) is 8.78 Å². The van der Waals surface area contributed by atoms with Crippen LogP contribution < -0.4 is 0 Å². The minimum Gasteiger partial charge on any atom is -0.207 e. The number of halogens is 4. The van der Waals surface area contributed by atoms with Crippen LogP contribution in [0.25, 0.3) is 0 Å². The van der Waals surface area contributed by atoms with Crippen LogP contribution in [0.4, 0.5) is 8.78 Å². The average Bonchev–Trinajstić information content (AvgIpc) is 2.62. The third-order valence-electron chi connectivity index (χ3n) is 2.62. The van der Waals surface area contributed by atoms with Crippen molar-refractivity contribution in [2.45, 2.75) is 18.7 Å². The van der Waals surface area contributed by atoms with E-state index in [1.807, 2.05) is 13.0 Å². The van der Waals surface area contributed by atoms with Gasteiger partial charge in [-0.2, -0.15) is 0 Å². The molecule has 0 saturated heterocycles. The molecule has 1 heterocycles. The van der Waals surface area contributed by atoms with E-state index < -0.39 is 11.6 Å². The SMILES string of the molecule is Cc1cc(Br)c(C(Br)c2cc(C)c(F)cc2F)s1. The molecular weight excluding hydrogens is 386 g/mol. The van der Waals surface area contributed by atoms with Crippen LogP contribution in [0.15, 0.2) is 22.7 Å². The predicted octanol–water partition coefficient (Wildman–Crippen LogP) is 5.89. The molecule has 1 aromatic carbocycles. The molecule has 0 amide bonds. The molecular formula is C13H10Br2F2S. The van der Waals surface area contributed by atoms with E-state index in [0.717, 1.165) is 20.3 Å². The minimum atomic E-state index is -0.530. The maximum atomic E-state index is 13.8. The van der Waals surface area contributed by atoms with Crippen molar-refractivity contribution < 1.29 is 8.78 Å². The summed E-state index contributed by atoms with van der Waals surface area (Å²) in [5.41, 5.74) is 0.900. The van der Waals surface area contributed by atoms with Crippen LogP contribution in [-0.4, -0.2) is 0 Å².